The van der Waals surface area contributed by atoms with Gasteiger partial charge in [0.05, 0.1) is 0 Å². The molecule has 0 saturated heterocycles. The zero-order valence-electron chi connectivity index (χ0n) is 11.6. The Balaban J connectivity index is 2.23. The van der Waals surface area contributed by atoms with Crippen molar-refractivity contribution in [2.24, 2.45) is 0 Å². The third kappa shape index (κ3) is 3.25. The second-order valence-electron chi connectivity index (χ2n) is 4.34. The number of amides is 1. The Bertz CT molecular complexity index is 592. The van der Waals surface area contributed by atoms with E-state index in [9.17, 15) is 4.79 Å². The summed E-state index contributed by atoms with van der Waals surface area (Å²) in [5.74, 6) is 0.844. The van der Waals surface area contributed by atoms with Gasteiger partial charge < -0.3 is 9.47 Å². The number of carbonyl (C=O) groups is 1. The fraction of sp³-hybridized carbons (Fsp3) is 0.357. The van der Waals surface area contributed by atoms with Gasteiger partial charge in [-0.3, -0.25) is 9.78 Å². The van der Waals surface area contributed by atoms with E-state index in [2.05, 4.69) is 25.9 Å². The van der Waals surface area contributed by atoms with Gasteiger partial charge in [-0.1, -0.05) is 0 Å². The van der Waals surface area contributed by atoms with Gasteiger partial charge in [-0.2, -0.15) is 0 Å². The molecule has 1 amide bonds. The topological polar surface area (TPSA) is 51.0 Å². The molecule has 106 valence electrons. The van der Waals surface area contributed by atoms with Gasteiger partial charge >= 0.3 is 0 Å². The van der Waals surface area contributed by atoms with Gasteiger partial charge in [0, 0.05) is 47.9 Å². The van der Waals surface area contributed by atoms with Crippen LogP contribution < -0.4 is 0 Å². The minimum Gasteiger partial charge on any atom is -0.342 e. The van der Waals surface area contributed by atoms with E-state index < -0.39 is 0 Å². The fourth-order valence-electron chi connectivity index (χ4n) is 2.05. The summed E-state index contributed by atoms with van der Waals surface area (Å²) in [4.78, 5) is 22.4. The quantitative estimate of drug-likeness (QED) is 0.843. The van der Waals surface area contributed by atoms with Gasteiger partial charge in [0.15, 0.2) is 0 Å². The third-order valence-corrected chi connectivity index (χ3v) is 3.53. The Morgan fingerprint density at radius 3 is 2.75 bits per heavy atom. The molecule has 0 aliphatic rings. The van der Waals surface area contributed by atoms with Gasteiger partial charge in [0.1, 0.15) is 12.4 Å². The maximum absolute atomic E-state index is 12.2. The molecule has 0 aliphatic heterocycles. The number of halogens is 1. The van der Waals surface area contributed by atoms with Crippen molar-refractivity contribution in [2.75, 3.05) is 13.1 Å². The smallest absolute Gasteiger partial charge is 0.242 e. The van der Waals surface area contributed by atoms with Gasteiger partial charge in [-0.05, 0) is 35.8 Å². The second kappa shape index (κ2) is 6.65. The van der Waals surface area contributed by atoms with Crippen LogP contribution >= 0.6 is 15.9 Å². The normalized spacial score (nSPS) is 10.6. The summed E-state index contributed by atoms with van der Waals surface area (Å²) >= 11 is 3.39. The number of nitrogens with zero attached hydrogens (tertiary/aromatic N) is 4. The van der Waals surface area contributed by atoms with Crippen LogP contribution in [0.5, 0.6) is 0 Å². The summed E-state index contributed by atoms with van der Waals surface area (Å²) in [5, 5.41) is 0. The van der Waals surface area contributed by atoms with E-state index in [1.807, 2.05) is 35.6 Å². The van der Waals surface area contributed by atoms with Crippen LogP contribution in [0.2, 0.25) is 0 Å². The van der Waals surface area contributed by atoms with Crippen molar-refractivity contribution in [3.05, 3.63) is 35.3 Å². The van der Waals surface area contributed by atoms with Crippen LogP contribution in [-0.4, -0.2) is 38.4 Å². The lowest BCUT2D eigenvalue weighted by Gasteiger charge is -2.19. The van der Waals surface area contributed by atoms with Crippen LogP contribution in [-0.2, 0) is 11.3 Å². The number of hydrogen-bond donors (Lipinski definition) is 0. The highest BCUT2D eigenvalue weighted by atomic mass is 79.9. The van der Waals surface area contributed by atoms with Crippen molar-refractivity contribution >= 4 is 21.8 Å². The molecule has 2 heterocycles. The van der Waals surface area contributed by atoms with Crippen molar-refractivity contribution in [1.82, 2.24) is 19.4 Å². The average Bonchev–Trinajstić information content (AvgIpc) is 2.88. The SMILES string of the molecule is CCN(CC)C(=O)Cn1ccnc1-c1cncc(Br)c1. The number of likely N-dealkylation sites (N-methyl/N-ethyl adjacent to an activating group) is 1. The van der Waals surface area contributed by atoms with Crippen LogP contribution in [0.3, 0.4) is 0 Å². The number of hydrogen-bond acceptors (Lipinski definition) is 3. The van der Waals surface area contributed by atoms with Crippen LogP contribution in [0.4, 0.5) is 0 Å². The Hall–Kier alpha value is -1.69. The standard InChI is InChI=1S/C14H17BrN4O/c1-3-18(4-2)13(20)10-19-6-5-17-14(19)11-7-12(15)9-16-8-11/h5-9H,3-4,10H2,1-2H3. The van der Waals surface area contributed by atoms with Crippen molar-refractivity contribution < 1.29 is 4.79 Å². The molecular weight excluding hydrogens is 320 g/mol. The lowest BCUT2D eigenvalue weighted by atomic mass is 10.2. The van der Waals surface area contributed by atoms with E-state index in [1.165, 1.54) is 0 Å². The number of pyridine rings is 1. The number of rotatable bonds is 5. The van der Waals surface area contributed by atoms with Crippen molar-refractivity contribution in [1.29, 1.82) is 0 Å². The first-order chi connectivity index (χ1) is 9.65. The Morgan fingerprint density at radius 1 is 1.35 bits per heavy atom. The highest BCUT2D eigenvalue weighted by Gasteiger charge is 2.13. The lowest BCUT2D eigenvalue weighted by Crippen LogP contribution is -2.33. The Labute approximate surface area is 126 Å². The van der Waals surface area contributed by atoms with Crippen LogP contribution in [0.15, 0.2) is 35.3 Å². The molecule has 0 radical (unpaired) electrons. The number of aromatic nitrogens is 3. The first-order valence-corrected chi connectivity index (χ1v) is 7.34. The molecule has 0 spiro atoms. The van der Waals surface area contributed by atoms with Gasteiger partial charge in [-0.15, -0.1) is 0 Å². The summed E-state index contributed by atoms with van der Waals surface area (Å²) < 4.78 is 2.74. The molecule has 0 unspecified atom stereocenters. The summed E-state index contributed by atoms with van der Waals surface area (Å²) in [6.45, 7) is 5.70. The van der Waals surface area contributed by atoms with Crippen LogP contribution in [0.25, 0.3) is 11.4 Å². The summed E-state index contributed by atoms with van der Waals surface area (Å²) in [5.41, 5.74) is 0.886. The van der Waals surface area contributed by atoms with E-state index in [4.69, 9.17) is 0 Å². The minimum atomic E-state index is 0.0946. The molecule has 0 aliphatic carbocycles. The monoisotopic (exact) mass is 336 g/mol. The van der Waals surface area contributed by atoms with Crippen molar-refractivity contribution in [3.8, 4) is 11.4 Å². The predicted molar refractivity (Wildman–Crippen MR) is 81.1 cm³/mol. The Morgan fingerprint density at radius 2 is 2.10 bits per heavy atom. The molecule has 2 rings (SSSR count). The van der Waals surface area contributed by atoms with Gasteiger partial charge in [0.25, 0.3) is 0 Å². The van der Waals surface area contributed by atoms with Gasteiger partial charge in [-0.25, -0.2) is 4.98 Å². The molecule has 5 nitrogen and oxygen atoms in total. The average molecular weight is 337 g/mol. The van der Waals surface area contributed by atoms with Crippen molar-refractivity contribution in [2.45, 2.75) is 20.4 Å². The van der Waals surface area contributed by atoms with E-state index in [-0.39, 0.29) is 5.91 Å². The lowest BCUT2D eigenvalue weighted by molar-refractivity contribution is -0.131. The molecule has 0 bridgehead atoms. The largest absolute Gasteiger partial charge is 0.342 e. The Kier molecular flexibility index (Phi) is 4.89. The maximum Gasteiger partial charge on any atom is 0.242 e. The molecule has 6 heteroatoms. The maximum atomic E-state index is 12.2. The molecule has 0 fully saturated rings. The first kappa shape index (κ1) is 14.7. The second-order valence-corrected chi connectivity index (χ2v) is 5.25. The summed E-state index contributed by atoms with van der Waals surface area (Å²) in [6, 6.07) is 1.94. The molecule has 0 aromatic carbocycles. The molecule has 0 N–H and O–H groups in total. The molecule has 0 atom stereocenters. The zero-order valence-corrected chi connectivity index (χ0v) is 13.2. The zero-order chi connectivity index (χ0) is 14.5. The molecule has 2 aromatic rings. The highest BCUT2D eigenvalue weighted by molar-refractivity contribution is 9.10. The molecular formula is C14H17BrN4O. The summed E-state index contributed by atoms with van der Waals surface area (Å²) in [7, 11) is 0. The van der Waals surface area contributed by atoms with Crippen LogP contribution in [0, 0.1) is 0 Å². The number of carbonyl (C=O) groups excluding carboxylic acids is 1. The third-order valence-electron chi connectivity index (χ3n) is 3.10. The van der Waals surface area contributed by atoms with E-state index in [0.717, 1.165) is 29.0 Å². The fourth-order valence-corrected chi connectivity index (χ4v) is 2.42. The van der Waals surface area contributed by atoms with E-state index in [0.29, 0.717) is 6.54 Å². The molecule has 2 aromatic heterocycles. The predicted octanol–water partition coefficient (Wildman–Crippen LogP) is 2.58. The molecule has 20 heavy (non-hydrogen) atoms. The van der Waals surface area contributed by atoms with Crippen LogP contribution in [0.1, 0.15) is 13.8 Å². The number of imidazole rings is 1. The summed E-state index contributed by atoms with van der Waals surface area (Å²) in [6.07, 6.45) is 6.98. The first-order valence-electron chi connectivity index (χ1n) is 6.55. The van der Waals surface area contributed by atoms with E-state index in [1.54, 1.807) is 18.6 Å². The van der Waals surface area contributed by atoms with Gasteiger partial charge in [0.2, 0.25) is 5.91 Å². The highest BCUT2D eigenvalue weighted by Crippen LogP contribution is 2.20. The van der Waals surface area contributed by atoms with Crippen molar-refractivity contribution in [3.63, 3.8) is 0 Å². The van der Waals surface area contributed by atoms with E-state index >= 15 is 0 Å². The molecule has 0 saturated carbocycles. The minimum absolute atomic E-state index is 0.0946.